The molecule has 0 saturated carbocycles. The molecule has 0 aliphatic carbocycles. The quantitative estimate of drug-likeness (QED) is 0.786. The molecule has 0 spiro atoms. The molecule has 1 aromatic carbocycles. The third kappa shape index (κ3) is 3.94. The highest BCUT2D eigenvalue weighted by Crippen LogP contribution is 2.29. The van der Waals surface area contributed by atoms with Crippen molar-refractivity contribution < 1.29 is 19.5 Å². The molecule has 2 aliphatic heterocycles. The van der Waals surface area contributed by atoms with Gasteiger partial charge in [-0.1, -0.05) is 6.07 Å². The van der Waals surface area contributed by atoms with Crippen LogP contribution in [0.2, 0.25) is 0 Å². The molecule has 29 heavy (non-hydrogen) atoms. The van der Waals surface area contributed by atoms with Crippen LogP contribution in [0.15, 0.2) is 30.3 Å². The number of aromatic hydroxyl groups is 1. The van der Waals surface area contributed by atoms with Gasteiger partial charge in [0.15, 0.2) is 0 Å². The highest BCUT2D eigenvalue weighted by Gasteiger charge is 2.38. The highest BCUT2D eigenvalue weighted by molar-refractivity contribution is 6.00. The fraction of sp³-hybridized carbons (Fsp3) is 0.400. The average molecular weight is 397 g/mol. The maximum absolute atomic E-state index is 13.0. The zero-order valence-corrected chi connectivity index (χ0v) is 16.2. The third-order valence-electron chi connectivity index (χ3n) is 5.29. The lowest BCUT2D eigenvalue weighted by Crippen LogP contribution is -2.42. The van der Waals surface area contributed by atoms with Crippen LogP contribution in [0.3, 0.4) is 0 Å². The minimum absolute atomic E-state index is 0.0446. The van der Waals surface area contributed by atoms with Crippen LogP contribution in [-0.4, -0.2) is 50.6 Å². The fourth-order valence-corrected chi connectivity index (χ4v) is 3.86. The third-order valence-corrected chi connectivity index (χ3v) is 5.29. The second-order valence-electron chi connectivity index (χ2n) is 7.44. The Labute approximate surface area is 167 Å². The number of carbonyl (C=O) groups is 3. The summed E-state index contributed by atoms with van der Waals surface area (Å²) in [6.45, 7) is 3.67. The van der Waals surface area contributed by atoms with Gasteiger partial charge in [-0.05, 0) is 18.2 Å². The first kappa shape index (κ1) is 19.0. The Balaban J connectivity index is 1.42. The first-order valence-corrected chi connectivity index (χ1v) is 9.59. The van der Waals surface area contributed by atoms with Crippen molar-refractivity contribution >= 4 is 23.4 Å². The van der Waals surface area contributed by atoms with Crippen LogP contribution in [0.25, 0.3) is 0 Å². The van der Waals surface area contributed by atoms with E-state index in [1.807, 2.05) is 10.7 Å². The van der Waals surface area contributed by atoms with Gasteiger partial charge >= 0.3 is 0 Å². The Morgan fingerprint density at radius 1 is 1.28 bits per heavy atom. The maximum Gasteiger partial charge on any atom is 0.228 e. The number of nitrogens with zero attached hydrogens (tertiary/aromatic N) is 4. The summed E-state index contributed by atoms with van der Waals surface area (Å²) in [6.07, 6.45) is 0.165. The van der Waals surface area contributed by atoms with E-state index >= 15 is 0 Å². The molecular weight excluding hydrogens is 374 g/mol. The Morgan fingerprint density at radius 3 is 2.86 bits per heavy atom. The van der Waals surface area contributed by atoms with Gasteiger partial charge in [0.1, 0.15) is 5.75 Å². The average Bonchev–Trinajstić information content (AvgIpc) is 3.28. The Morgan fingerprint density at radius 2 is 2.10 bits per heavy atom. The van der Waals surface area contributed by atoms with Gasteiger partial charge in [-0.3, -0.25) is 19.1 Å². The minimum Gasteiger partial charge on any atom is -0.508 e. The number of amides is 3. The lowest BCUT2D eigenvalue weighted by atomic mass is 10.1. The molecule has 2 aromatic rings. The molecule has 1 atom stereocenters. The summed E-state index contributed by atoms with van der Waals surface area (Å²) in [7, 11) is 0. The summed E-state index contributed by atoms with van der Waals surface area (Å²) in [5, 5.41) is 16.8. The Hall–Kier alpha value is -3.36. The molecular formula is C20H23N5O4. The number of carbonyl (C=O) groups excluding carboxylic acids is 3. The summed E-state index contributed by atoms with van der Waals surface area (Å²) < 4.78 is 1.86. The summed E-state index contributed by atoms with van der Waals surface area (Å²) >= 11 is 0. The number of benzene rings is 1. The van der Waals surface area contributed by atoms with Crippen molar-refractivity contribution in [3.63, 3.8) is 0 Å². The molecule has 152 valence electrons. The lowest BCUT2D eigenvalue weighted by molar-refractivity contribution is -0.137. The number of hydrogen-bond donors (Lipinski definition) is 2. The maximum atomic E-state index is 13.0. The SMILES string of the molecule is CC(=O)NCc1cc2n(n1)CCN(C(=O)[C@@H]1CC(=O)N(c3cccc(O)c3)C1)C2. The van der Waals surface area contributed by atoms with Gasteiger partial charge in [-0.15, -0.1) is 0 Å². The van der Waals surface area contributed by atoms with Crippen LogP contribution in [0.4, 0.5) is 5.69 Å². The van der Waals surface area contributed by atoms with Gasteiger partial charge in [-0.2, -0.15) is 5.10 Å². The molecule has 2 N–H and O–H groups in total. The van der Waals surface area contributed by atoms with Crippen molar-refractivity contribution in [3.8, 4) is 5.75 Å². The van der Waals surface area contributed by atoms with Crippen LogP contribution in [0.1, 0.15) is 24.7 Å². The second kappa shape index (κ2) is 7.57. The van der Waals surface area contributed by atoms with Crippen molar-refractivity contribution in [2.45, 2.75) is 33.0 Å². The number of phenols is 1. The van der Waals surface area contributed by atoms with E-state index in [2.05, 4.69) is 10.4 Å². The van der Waals surface area contributed by atoms with Gasteiger partial charge < -0.3 is 20.2 Å². The van der Waals surface area contributed by atoms with Crippen LogP contribution < -0.4 is 10.2 Å². The first-order valence-electron chi connectivity index (χ1n) is 9.59. The van der Waals surface area contributed by atoms with Crippen molar-refractivity contribution in [2.75, 3.05) is 18.0 Å². The molecule has 2 aliphatic rings. The standard InChI is InChI=1S/C20H23N5O4/c1-13(26)21-10-15-8-17-12-23(5-6-25(17)22-15)20(29)14-7-19(28)24(11-14)16-3-2-4-18(27)9-16/h2-4,8-9,14,27H,5-7,10-12H2,1H3,(H,21,26)/t14-/m1/s1. The summed E-state index contributed by atoms with van der Waals surface area (Å²) in [5.74, 6) is -0.594. The van der Waals surface area contributed by atoms with Crippen LogP contribution >= 0.6 is 0 Å². The van der Waals surface area contributed by atoms with Crippen LogP contribution in [-0.2, 0) is 34.0 Å². The number of aromatic nitrogens is 2. The zero-order chi connectivity index (χ0) is 20.5. The van der Waals surface area contributed by atoms with Crippen molar-refractivity contribution in [1.82, 2.24) is 20.0 Å². The van der Waals surface area contributed by atoms with Crippen LogP contribution in [0, 0.1) is 5.92 Å². The molecule has 3 heterocycles. The smallest absolute Gasteiger partial charge is 0.228 e. The molecule has 0 radical (unpaired) electrons. The number of phenolic OH excluding ortho intramolecular Hbond substituents is 1. The van der Waals surface area contributed by atoms with Crippen molar-refractivity contribution in [2.24, 2.45) is 5.92 Å². The second-order valence-corrected chi connectivity index (χ2v) is 7.44. The van der Waals surface area contributed by atoms with E-state index in [-0.39, 0.29) is 29.9 Å². The van der Waals surface area contributed by atoms with Gasteiger partial charge in [0.2, 0.25) is 17.7 Å². The Bertz CT molecular complexity index is 970. The molecule has 3 amide bonds. The predicted molar refractivity (Wildman–Crippen MR) is 104 cm³/mol. The Kier molecular flexibility index (Phi) is 4.96. The molecule has 9 nitrogen and oxygen atoms in total. The van der Waals surface area contributed by atoms with E-state index in [0.717, 1.165) is 11.4 Å². The van der Waals surface area contributed by atoms with E-state index in [0.29, 0.717) is 38.4 Å². The zero-order valence-electron chi connectivity index (χ0n) is 16.2. The molecule has 0 unspecified atom stereocenters. The summed E-state index contributed by atoms with van der Waals surface area (Å²) in [5.41, 5.74) is 2.28. The number of anilines is 1. The van der Waals surface area contributed by atoms with E-state index in [1.54, 1.807) is 28.0 Å². The largest absolute Gasteiger partial charge is 0.508 e. The number of hydrogen-bond acceptors (Lipinski definition) is 5. The van der Waals surface area contributed by atoms with Gasteiger partial charge in [-0.25, -0.2) is 0 Å². The fourth-order valence-electron chi connectivity index (χ4n) is 3.86. The normalized spacial score (nSPS) is 18.7. The van der Waals surface area contributed by atoms with Crippen molar-refractivity contribution in [1.29, 1.82) is 0 Å². The highest BCUT2D eigenvalue weighted by atomic mass is 16.3. The predicted octanol–water partition coefficient (Wildman–Crippen LogP) is 0.620. The molecule has 4 rings (SSSR count). The van der Waals surface area contributed by atoms with E-state index in [9.17, 15) is 19.5 Å². The monoisotopic (exact) mass is 397 g/mol. The summed E-state index contributed by atoms with van der Waals surface area (Å²) in [4.78, 5) is 39.9. The number of nitrogens with one attached hydrogen (secondary N) is 1. The van der Waals surface area contributed by atoms with E-state index in [1.165, 1.54) is 13.0 Å². The molecule has 1 aromatic heterocycles. The van der Waals surface area contributed by atoms with Gasteiger partial charge in [0.25, 0.3) is 0 Å². The number of fused-ring (bicyclic) bond motifs is 1. The molecule has 1 saturated heterocycles. The minimum atomic E-state index is -0.404. The first-order chi connectivity index (χ1) is 13.9. The molecule has 0 bridgehead atoms. The summed E-state index contributed by atoms with van der Waals surface area (Å²) in [6, 6.07) is 8.40. The van der Waals surface area contributed by atoms with E-state index < -0.39 is 5.92 Å². The number of rotatable bonds is 4. The van der Waals surface area contributed by atoms with E-state index in [4.69, 9.17) is 0 Å². The van der Waals surface area contributed by atoms with Gasteiger partial charge in [0.05, 0.1) is 36.9 Å². The van der Waals surface area contributed by atoms with Gasteiger partial charge in [0, 0.05) is 38.2 Å². The molecule has 9 heteroatoms. The topological polar surface area (TPSA) is 108 Å². The molecule has 1 fully saturated rings. The van der Waals surface area contributed by atoms with Crippen LogP contribution in [0.5, 0.6) is 5.75 Å². The van der Waals surface area contributed by atoms with Crippen molar-refractivity contribution in [3.05, 3.63) is 41.7 Å². The lowest BCUT2D eigenvalue weighted by Gasteiger charge is -2.29.